The largest absolute Gasteiger partial charge is 0.507 e. The van der Waals surface area contributed by atoms with Crippen LogP contribution >= 0.6 is 0 Å². The molecule has 1 aromatic heterocycles. The summed E-state index contributed by atoms with van der Waals surface area (Å²) in [5.74, 6) is 0.312. The van der Waals surface area contributed by atoms with Gasteiger partial charge in [-0.25, -0.2) is 0 Å². The maximum Gasteiger partial charge on any atom is 0.296 e. The molecule has 1 aliphatic rings. The molecule has 0 bridgehead atoms. The number of Topliss-reactive ketones (excluding diaryl/α,β-unsaturated/α-hetero) is 1. The van der Waals surface area contributed by atoms with Crippen LogP contribution in [-0.2, 0) is 16.1 Å². The van der Waals surface area contributed by atoms with Crippen LogP contribution < -0.4 is 14.2 Å². The summed E-state index contributed by atoms with van der Waals surface area (Å²) in [5.41, 5.74) is 0.950. The van der Waals surface area contributed by atoms with Crippen molar-refractivity contribution in [3.63, 3.8) is 0 Å². The maximum atomic E-state index is 13.3. The van der Waals surface area contributed by atoms with Crippen molar-refractivity contribution in [1.82, 2.24) is 4.90 Å². The van der Waals surface area contributed by atoms with E-state index in [0.29, 0.717) is 47.3 Å². The molecule has 3 aromatic rings. The fraction of sp³-hybridized carbons (Fsp3) is 0.267. The molecule has 4 rings (SSSR count). The van der Waals surface area contributed by atoms with Crippen molar-refractivity contribution < 1.29 is 33.3 Å². The van der Waals surface area contributed by atoms with Crippen molar-refractivity contribution in [3.8, 4) is 17.2 Å². The number of aliphatic hydroxyl groups is 1. The Morgan fingerprint density at radius 3 is 2.50 bits per heavy atom. The average Bonchev–Trinajstić information content (AvgIpc) is 3.53. The Morgan fingerprint density at radius 1 is 1.05 bits per heavy atom. The Balaban J connectivity index is 1.81. The fourth-order valence-electron chi connectivity index (χ4n) is 4.28. The summed E-state index contributed by atoms with van der Waals surface area (Å²) in [7, 11) is 0. The molecule has 0 aliphatic carbocycles. The average molecular weight is 518 g/mol. The van der Waals surface area contributed by atoms with Gasteiger partial charge in [0.25, 0.3) is 11.7 Å². The second-order valence-corrected chi connectivity index (χ2v) is 8.62. The van der Waals surface area contributed by atoms with Gasteiger partial charge in [0.05, 0.1) is 37.6 Å². The van der Waals surface area contributed by atoms with E-state index in [0.717, 1.165) is 6.42 Å². The van der Waals surface area contributed by atoms with Gasteiger partial charge in [-0.15, -0.1) is 0 Å². The number of carbonyl (C=O) groups excluding carboxylic acids is 2. The molecule has 1 aliphatic heterocycles. The number of likely N-dealkylation sites (tertiary alicyclic amines) is 1. The number of amides is 1. The van der Waals surface area contributed by atoms with Crippen molar-refractivity contribution in [2.45, 2.75) is 32.9 Å². The number of nitrogens with zero attached hydrogens (tertiary/aromatic N) is 1. The van der Waals surface area contributed by atoms with Crippen LogP contribution in [0.25, 0.3) is 5.76 Å². The van der Waals surface area contributed by atoms with Crippen molar-refractivity contribution in [1.29, 1.82) is 0 Å². The SMILES string of the molecule is C=CCOc1ccc(C2C(=C(O)c3ccc(OCCC)cc3)C(=O)C(=O)N2Cc2ccco2)cc1OCC. The first kappa shape index (κ1) is 26.6. The van der Waals surface area contributed by atoms with Crippen molar-refractivity contribution in [2.24, 2.45) is 0 Å². The zero-order valence-corrected chi connectivity index (χ0v) is 21.5. The monoisotopic (exact) mass is 517 g/mol. The quantitative estimate of drug-likeness (QED) is 0.143. The topological polar surface area (TPSA) is 98.4 Å². The van der Waals surface area contributed by atoms with Crippen LogP contribution in [0.15, 0.2) is 83.5 Å². The summed E-state index contributed by atoms with van der Waals surface area (Å²) in [4.78, 5) is 28.0. The van der Waals surface area contributed by atoms with E-state index in [2.05, 4.69) is 6.58 Å². The summed E-state index contributed by atoms with van der Waals surface area (Å²) in [6.45, 7) is 8.81. The molecule has 1 fully saturated rings. The molecule has 2 heterocycles. The molecule has 198 valence electrons. The van der Waals surface area contributed by atoms with E-state index in [-0.39, 0.29) is 24.5 Å². The van der Waals surface area contributed by atoms with Gasteiger partial charge >= 0.3 is 0 Å². The van der Waals surface area contributed by atoms with Crippen LogP contribution in [0.2, 0.25) is 0 Å². The van der Waals surface area contributed by atoms with Crippen LogP contribution in [0.3, 0.4) is 0 Å². The van der Waals surface area contributed by atoms with E-state index in [1.165, 1.54) is 11.2 Å². The Labute approximate surface area is 221 Å². The summed E-state index contributed by atoms with van der Waals surface area (Å²) in [5, 5.41) is 11.3. The summed E-state index contributed by atoms with van der Waals surface area (Å²) in [6, 6.07) is 14.5. The van der Waals surface area contributed by atoms with Gasteiger partial charge in [-0.1, -0.05) is 25.6 Å². The summed E-state index contributed by atoms with van der Waals surface area (Å²) < 4.78 is 22.6. The standard InChI is InChI=1S/C30H31NO7/c1-4-15-36-22-12-9-20(10-13-22)28(32)26-27(31(30(34)29(26)33)19-23-8-7-17-37-23)21-11-14-24(38-16-5-2)25(18-21)35-6-3/h5,7-14,17-18,27,32H,2,4,6,15-16,19H2,1,3H3. The van der Waals surface area contributed by atoms with Gasteiger partial charge in [0.1, 0.15) is 23.9 Å². The van der Waals surface area contributed by atoms with Crippen LogP contribution in [-0.4, -0.2) is 41.5 Å². The van der Waals surface area contributed by atoms with Gasteiger partial charge in [0, 0.05) is 5.56 Å². The van der Waals surface area contributed by atoms with Gasteiger partial charge in [-0.3, -0.25) is 9.59 Å². The molecule has 1 atom stereocenters. The molecular formula is C30H31NO7. The smallest absolute Gasteiger partial charge is 0.296 e. The number of ether oxygens (including phenoxy) is 3. The Hall–Kier alpha value is -4.46. The van der Waals surface area contributed by atoms with Gasteiger partial charge in [-0.05, 0) is 67.4 Å². The third kappa shape index (κ3) is 5.59. The van der Waals surface area contributed by atoms with Crippen LogP contribution in [0.4, 0.5) is 0 Å². The Morgan fingerprint density at radius 2 is 1.84 bits per heavy atom. The van der Waals surface area contributed by atoms with Gasteiger partial charge in [-0.2, -0.15) is 0 Å². The number of carbonyl (C=O) groups is 2. The van der Waals surface area contributed by atoms with Crippen molar-refractivity contribution in [3.05, 3.63) is 96.0 Å². The number of ketones is 1. The molecule has 1 amide bonds. The minimum Gasteiger partial charge on any atom is -0.507 e. The van der Waals surface area contributed by atoms with Gasteiger partial charge in [0.15, 0.2) is 11.5 Å². The molecule has 0 saturated carbocycles. The van der Waals surface area contributed by atoms with E-state index in [1.807, 2.05) is 13.8 Å². The zero-order valence-electron chi connectivity index (χ0n) is 21.5. The number of benzene rings is 2. The van der Waals surface area contributed by atoms with E-state index < -0.39 is 17.7 Å². The summed E-state index contributed by atoms with van der Waals surface area (Å²) >= 11 is 0. The second-order valence-electron chi connectivity index (χ2n) is 8.62. The number of hydrogen-bond donors (Lipinski definition) is 1. The lowest BCUT2D eigenvalue weighted by atomic mass is 9.95. The zero-order chi connectivity index (χ0) is 27.1. The lowest BCUT2D eigenvalue weighted by Crippen LogP contribution is -2.29. The normalized spacial score (nSPS) is 16.5. The Bertz CT molecular complexity index is 1310. The van der Waals surface area contributed by atoms with Gasteiger partial charge < -0.3 is 28.6 Å². The van der Waals surface area contributed by atoms with Gasteiger partial charge in [0.2, 0.25) is 0 Å². The highest BCUT2D eigenvalue weighted by Gasteiger charge is 2.46. The van der Waals surface area contributed by atoms with E-state index >= 15 is 0 Å². The van der Waals surface area contributed by atoms with Crippen LogP contribution in [0, 0.1) is 0 Å². The molecular weight excluding hydrogens is 486 g/mol. The highest BCUT2D eigenvalue weighted by Crippen LogP contribution is 2.43. The number of hydrogen-bond acceptors (Lipinski definition) is 7. The highest BCUT2D eigenvalue weighted by atomic mass is 16.5. The maximum absolute atomic E-state index is 13.3. The fourth-order valence-corrected chi connectivity index (χ4v) is 4.28. The van der Waals surface area contributed by atoms with E-state index in [4.69, 9.17) is 18.6 Å². The van der Waals surface area contributed by atoms with E-state index in [1.54, 1.807) is 60.7 Å². The minimum atomic E-state index is -0.885. The number of rotatable bonds is 12. The molecule has 8 heteroatoms. The third-order valence-electron chi connectivity index (χ3n) is 5.99. The molecule has 1 unspecified atom stereocenters. The predicted molar refractivity (Wildman–Crippen MR) is 142 cm³/mol. The first-order valence-electron chi connectivity index (χ1n) is 12.5. The van der Waals surface area contributed by atoms with Crippen LogP contribution in [0.5, 0.6) is 17.2 Å². The number of furan rings is 1. The van der Waals surface area contributed by atoms with Crippen molar-refractivity contribution >= 4 is 17.4 Å². The highest BCUT2D eigenvalue weighted by molar-refractivity contribution is 6.46. The molecule has 38 heavy (non-hydrogen) atoms. The lowest BCUT2D eigenvalue weighted by molar-refractivity contribution is -0.140. The molecule has 0 radical (unpaired) electrons. The van der Waals surface area contributed by atoms with E-state index in [9.17, 15) is 14.7 Å². The summed E-state index contributed by atoms with van der Waals surface area (Å²) in [6.07, 6.45) is 3.99. The first-order valence-corrected chi connectivity index (χ1v) is 12.5. The minimum absolute atomic E-state index is 0.0222. The lowest BCUT2D eigenvalue weighted by Gasteiger charge is -2.25. The first-order chi connectivity index (χ1) is 18.5. The van der Waals surface area contributed by atoms with Crippen LogP contribution in [0.1, 0.15) is 43.2 Å². The molecule has 1 saturated heterocycles. The molecule has 1 N–H and O–H groups in total. The third-order valence-corrected chi connectivity index (χ3v) is 5.99. The predicted octanol–water partition coefficient (Wildman–Crippen LogP) is 5.65. The molecule has 0 spiro atoms. The van der Waals surface area contributed by atoms with Crippen molar-refractivity contribution in [2.75, 3.05) is 19.8 Å². The second kappa shape index (κ2) is 12.2. The molecule has 8 nitrogen and oxygen atoms in total. The number of aliphatic hydroxyl groups excluding tert-OH is 1. The molecule has 2 aromatic carbocycles. The Kier molecular flexibility index (Phi) is 8.53.